The number of likely N-dealkylation sites (tertiary alicyclic amines) is 1. The molecule has 0 aromatic heterocycles. The van der Waals surface area contributed by atoms with Crippen molar-refractivity contribution in [1.82, 2.24) is 9.62 Å². The Morgan fingerprint density at radius 2 is 1.95 bits per heavy atom. The molecule has 1 saturated carbocycles. The Morgan fingerprint density at radius 3 is 2.41 bits per heavy atom. The Balaban J connectivity index is 2.11. The first-order valence-electron chi connectivity index (χ1n) is 7.96. The lowest BCUT2D eigenvalue weighted by atomic mass is 9.73. The molecule has 1 heterocycles. The number of hydrogen-bond acceptors (Lipinski definition) is 4. The summed E-state index contributed by atoms with van der Waals surface area (Å²) in [5.41, 5.74) is -0.0414. The van der Waals surface area contributed by atoms with Crippen LogP contribution in [-0.2, 0) is 11.4 Å². The van der Waals surface area contributed by atoms with Crippen LogP contribution in [-0.4, -0.2) is 56.2 Å². The van der Waals surface area contributed by atoms with E-state index in [2.05, 4.69) is 4.72 Å². The summed E-state index contributed by atoms with van der Waals surface area (Å²) in [4.78, 5) is 12.5. The fraction of sp³-hybridized carbons (Fsp3) is 0.933. The summed E-state index contributed by atoms with van der Waals surface area (Å²) < 4.78 is 15.4. The predicted octanol–water partition coefficient (Wildman–Crippen LogP) is 1.57. The van der Waals surface area contributed by atoms with Crippen LogP contribution < -0.4 is 4.72 Å². The summed E-state index contributed by atoms with van der Waals surface area (Å²) in [6.07, 6.45) is 2.55. The predicted molar refractivity (Wildman–Crippen MR) is 85.9 cm³/mol. The normalized spacial score (nSPS) is 29.8. The smallest absolute Gasteiger partial charge is 0.407 e. The SMILES string of the molecule is CC(C)(C)[S+]([O-])NC1C(CO)CCC12CCN(C(=O)O)CC2. The van der Waals surface area contributed by atoms with Crippen LogP contribution in [0.2, 0.25) is 0 Å². The van der Waals surface area contributed by atoms with Gasteiger partial charge in [0, 0.05) is 37.0 Å². The van der Waals surface area contributed by atoms with Gasteiger partial charge in [0.25, 0.3) is 0 Å². The number of piperidine rings is 1. The van der Waals surface area contributed by atoms with Crippen molar-refractivity contribution in [2.75, 3.05) is 19.7 Å². The summed E-state index contributed by atoms with van der Waals surface area (Å²) in [5, 5.41) is 18.8. The minimum atomic E-state index is -1.19. The van der Waals surface area contributed by atoms with Gasteiger partial charge in [-0.05, 0) is 51.9 Å². The summed E-state index contributed by atoms with van der Waals surface area (Å²) in [6, 6.07) is -0.00602. The first kappa shape index (κ1) is 17.8. The molecule has 0 aromatic rings. The zero-order valence-corrected chi connectivity index (χ0v) is 14.5. The first-order chi connectivity index (χ1) is 10.2. The fourth-order valence-electron chi connectivity index (χ4n) is 3.71. The van der Waals surface area contributed by atoms with Gasteiger partial charge in [-0.1, -0.05) is 0 Å². The van der Waals surface area contributed by atoms with Gasteiger partial charge in [-0.2, -0.15) is 0 Å². The molecule has 3 N–H and O–H groups in total. The number of hydrogen-bond donors (Lipinski definition) is 3. The van der Waals surface area contributed by atoms with Crippen molar-refractivity contribution in [2.24, 2.45) is 11.3 Å². The minimum absolute atomic E-state index is 0.00602. The lowest BCUT2D eigenvalue weighted by Crippen LogP contribution is -2.56. The highest BCUT2D eigenvalue weighted by molar-refractivity contribution is 7.90. The van der Waals surface area contributed by atoms with Gasteiger partial charge >= 0.3 is 6.09 Å². The second-order valence-corrected chi connectivity index (χ2v) is 9.59. The largest absolute Gasteiger partial charge is 0.598 e. The highest BCUT2D eigenvalue weighted by Crippen LogP contribution is 2.49. The van der Waals surface area contributed by atoms with Crippen LogP contribution in [0.1, 0.15) is 46.5 Å². The van der Waals surface area contributed by atoms with Gasteiger partial charge in [-0.3, -0.25) is 0 Å². The molecule has 22 heavy (non-hydrogen) atoms. The van der Waals surface area contributed by atoms with Crippen LogP contribution in [0.25, 0.3) is 0 Å². The molecule has 1 saturated heterocycles. The molecule has 2 aliphatic rings. The molecule has 128 valence electrons. The Hall–Kier alpha value is -0.500. The number of rotatable bonds is 3. The number of nitrogens with zero attached hydrogens (tertiary/aromatic N) is 1. The molecule has 3 unspecified atom stereocenters. The molecule has 6 nitrogen and oxygen atoms in total. The molecule has 0 aromatic carbocycles. The van der Waals surface area contributed by atoms with Crippen molar-refractivity contribution in [3.05, 3.63) is 0 Å². The van der Waals surface area contributed by atoms with Crippen molar-refractivity contribution in [3.63, 3.8) is 0 Å². The van der Waals surface area contributed by atoms with Gasteiger partial charge in [0.05, 0.1) is 6.04 Å². The summed E-state index contributed by atoms with van der Waals surface area (Å²) >= 11 is -1.19. The molecule has 1 aliphatic carbocycles. The van der Waals surface area contributed by atoms with Crippen molar-refractivity contribution < 1.29 is 19.6 Å². The standard InChI is InChI=1S/C15H28N2O4S/c1-14(2,3)22(21)16-12-11(10-18)4-5-15(12)6-8-17(9-7-15)13(19)20/h11-12,16,18H,4-10H2,1-3H3,(H,19,20). The molecule has 0 radical (unpaired) electrons. The van der Waals surface area contributed by atoms with Crippen LogP contribution in [0.4, 0.5) is 4.79 Å². The molecule has 1 spiro atoms. The highest BCUT2D eigenvalue weighted by atomic mass is 32.2. The molecule has 2 rings (SSSR count). The minimum Gasteiger partial charge on any atom is -0.598 e. The molecular weight excluding hydrogens is 304 g/mol. The summed E-state index contributed by atoms with van der Waals surface area (Å²) in [5.74, 6) is 0.0997. The summed E-state index contributed by atoms with van der Waals surface area (Å²) in [6.45, 7) is 6.92. The van der Waals surface area contributed by atoms with E-state index in [1.807, 2.05) is 20.8 Å². The number of carboxylic acid groups (broad SMARTS) is 1. The van der Waals surface area contributed by atoms with Gasteiger partial charge in [0.15, 0.2) is 0 Å². The Kier molecular flexibility index (Phi) is 5.31. The van der Waals surface area contributed by atoms with E-state index in [0.29, 0.717) is 13.1 Å². The third kappa shape index (κ3) is 3.53. The number of aliphatic hydroxyl groups excluding tert-OH is 1. The van der Waals surface area contributed by atoms with Crippen molar-refractivity contribution in [2.45, 2.75) is 57.2 Å². The fourth-order valence-corrected chi connectivity index (χ4v) is 4.74. The zero-order valence-electron chi connectivity index (χ0n) is 13.7. The molecule has 3 atom stereocenters. The molecule has 2 fully saturated rings. The molecule has 1 aliphatic heterocycles. The number of nitrogens with one attached hydrogen (secondary N) is 1. The van der Waals surface area contributed by atoms with E-state index >= 15 is 0 Å². The maximum atomic E-state index is 12.5. The third-order valence-electron chi connectivity index (χ3n) is 5.20. The van der Waals surface area contributed by atoms with E-state index in [1.165, 1.54) is 4.90 Å². The van der Waals surface area contributed by atoms with Gasteiger partial charge in [-0.15, -0.1) is 4.72 Å². The van der Waals surface area contributed by atoms with E-state index in [4.69, 9.17) is 5.11 Å². The van der Waals surface area contributed by atoms with Gasteiger partial charge in [0.1, 0.15) is 4.75 Å². The Morgan fingerprint density at radius 1 is 1.36 bits per heavy atom. The zero-order chi connectivity index (χ0) is 16.5. The van der Waals surface area contributed by atoms with Crippen molar-refractivity contribution in [1.29, 1.82) is 0 Å². The third-order valence-corrected chi connectivity index (χ3v) is 6.78. The van der Waals surface area contributed by atoms with Crippen LogP contribution in [0.15, 0.2) is 0 Å². The quantitative estimate of drug-likeness (QED) is 0.682. The average molecular weight is 332 g/mol. The van der Waals surface area contributed by atoms with Crippen molar-refractivity contribution in [3.8, 4) is 0 Å². The summed E-state index contributed by atoms with van der Waals surface area (Å²) in [7, 11) is 0. The van der Waals surface area contributed by atoms with E-state index in [0.717, 1.165) is 25.7 Å². The van der Waals surface area contributed by atoms with Gasteiger partial charge < -0.3 is 19.7 Å². The first-order valence-corrected chi connectivity index (χ1v) is 9.11. The monoisotopic (exact) mass is 332 g/mol. The average Bonchev–Trinajstić information content (AvgIpc) is 2.76. The van der Waals surface area contributed by atoms with Crippen LogP contribution >= 0.6 is 0 Å². The number of amides is 1. The number of aliphatic hydroxyl groups is 1. The van der Waals surface area contributed by atoms with E-state index in [-0.39, 0.29) is 28.7 Å². The number of carbonyl (C=O) groups is 1. The Labute approximate surface area is 135 Å². The van der Waals surface area contributed by atoms with E-state index in [9.17, 15) is 14.5 Å². The highest BCUT2D eigenvalue weighted by Gasteiger charge is 2.52. The lowest BCUT2D eigenvalue weighted by Gasteiger charge is -2.44. The lowest BCUT2D eigenvalue weighted by molar-refractivity contribution is 0.0707. The topological polar surface area (TPSA) is 95.9 Å². The van der Waals surface area contributed by atoms with E-state index < -0.39 is 17.5 Å². The van der Waals surface area contributed by atoms with Gasteiger partial charge in [0.2, 0.25) is 0 Å². The van der Waals surface area contributed by atoms with Crippen LogP contribution in [0.5, 0.6) is 0 Å². The Bertz CT molecular complexity index is 405. The maximum absolute atomic E-state index is 12.5. The molecule has 7 heteroatoms. The van der Waals surface area contributed by atoms with Gasteiger partial charge in [-0.25, -0.2) is 4.79 Å². The second-order valence-electron chi connectivity index (χ2n) is 7.59. The molecule has 1 amide bonds. The molecular formula is C15H28N2O4S. The van der Waals surface area contributed by atoms with Crippen LogP contribution in [0.3, 0.4) is 0 Å². The second kappa shape index (κ2) is 6.55. The van der Waals surface area contributed by atoms with E-state index in [1.54, 1.807) is 0 Å². The maximum Gasteiger partial charge on any atom is 0.407 e. The van der Waals surface area contributed by atoms with Crippen molar-refractivity contribution >= 4 is 17.5 Å². The molecule has 0 bridgehead atoms. The van der Waals surface area contributed by atoms with Crippen LogP contribution in [0, 0.1) is 11.3 Å².